The van der Waals surface area contributed by atoms with Crippen LogP contribution in [0.25, 0.3) is 0 Å². The zero-order chi connectivity index (χ0) is 19.2. The summed E-state index contributed by atoms with van der Waals surface area (Å²) in [6.45, 7) is 5.84. The van der Waals surface area contributed by atoms with Gasteiger partial charge >= 0.3 is 5.97 Å². The number of carbonyl (C=O) groups is 2. The van der Waals surface area contributed by atoms with Gasteiger partial charge in [0.1, 0.15) is 0 Å². The first kappa shape index (κ1) is 20.0. The van der Waals surface area contributed by atoms with Gasteiger partial charge in [-0.2, -0.15) is 0 Å². The number of Topliss-reactive ketones (excluding diaryl/α,β-unsaturated/α-hetero) is 1. The lowest BCUT2D eigenvalue weighted by atomic mass is 9.91. The van der Waals surface area contributed by atoms with E-state index in [-0.39, 0.29) is 12.4 Å². The molecule has 0 radical (unpaired) electrons. The zero-order valence-electron chi connectivity index (χ0n) is 15.3. The highest BCUT2D eigenvalue weighted by Crippen LogP contribution is 2.19. The molecule has 0 unspecified atom stereocenters. The van der Waals surface area contributed by atoms with E-state index in [1.165, 1.54) is 0 Å². The Bertz CT molecular complexity index is 764. The Hall–Kier alpha value is -2.33. The topological polar surface area (TPSA) is 55.4 Å². The number of ether oxygens (including phenoxy) is 1. The van der Waals surface area contributed by atoms with E-state index in [2.05, 4.69) is 5.32 Å². The summed E-state index contributed by atoms with van der Waals surface area (Å²) in [4.78, 5) is 24.3. The number of anilines is 1. The zero-order valence-corrected chi connectivity index (χ0v) is 16.1. The molecule has 5 heteroatoms. The van der Waals surface area contributed by atoms with Gasteiger partial charge in [0.05, 0.1) is 5.56 Å². The van der Waals surface area contributed by atoms with Gasteiger partial charge in [-0.25, -0.2) is 4.79 Å². The fraction of sp³-hybridized carbons (Fsp3) is 0.333. The Morgan fingerprint density at radius 2 is 1.69 bits per heavy atom. The molecule has 0 atom stereocenters. The minimum absolute atomic E-state index is 0.112. The summed E-state index contributed by atoms with van der Waals surface area (Å²) in [5, 5.41) is 3.96. The van der Waals surface area contributed by atoms with E-state index in [0.29, 0.717) is 22.8 Å². The van der Waals surface area contributed by atoms with Crippen LogP contribution in [0.1, 0.15) is 36.7 Å². The molecule has 2 aromatic carbocycles. The standard InChI is InChI=1S/C21H24ClNO3/c1-21(2,3)19(24)14-26-20(25)17-6-4-5-7-18(17)23-13-12-15-8-10-16(22)11-9-15/h4-11,23H,12-14H2,1-3H3. The lowest BCUT2D eigenvalue weighted by molar-refractivity contribution is -0.129. The maximum absolute atomic E-state index is 12.3. The van der Waals surface area contributed by atoms with Crippen molar-refractivity contribution in [3.8, 4) is 0 Å². The molecule has 0 saturated carbocycles. The number of para-hydroxylation sites is 1. The monoisotopic (exact) mass is 373 g/mol. The molecule has 0 heterocycles. The number of hydrogen-bond acceptors (Lipinski definition) is 4. The summed E-state index contributed by atoms with van der Waals surface area (Å²) in [7, 11) is 0. The first-order chi connectivity index (χ1) is 12.3. The molecule has 138 valence electrons. The van der Waals surface area contributed by atoms with Crippen LogP contribution in [0.5, 0.6) is 0 Å². The average Bonchev–Trinajstić information content (AvgIpc) is 2.60. The molecule has 2 rings (SSSR count). The van der Waals surface area contributed by atoms with Crippen LogP contribution in [0, 0.1) is 5.41 Å². The van der Waals surface area contributed by atoms with Crippen LogP contribution >= 0.6 is 11.6 Å². The molecule has 0 aliphatic heterocycles. The lowest BCUT2D eigenvalue weighted by Gasteiger charge is -2.17. The lowest BCUT2D eigenvalue weighted by Crippen LogP contribution is -2.26. The SMILES string of the molecule is CC(C)(C)C(=O)COC(=O)c1ccccc1NCCc1ccc(Cl)cc1. The number of benzene rings is 2. The summed E-state index contributed by atoms with van der Waals surface area (Å²) in [6.07, 6.45) is 0.795. The Morgan fingerprint density at radius 3 is 2.35 bits per heavy atom. The van der Waals surface area contributed by atoms with E-state index < -0.39 is 11.4 Å². The summed E-state index contributed by atoms with van der Waals surface area (Å²) < 4.78 is 5.19. The summed E-state index contributed by atoms with van der Waals surface area (Å²) >= 11 is 5.89. The van der Waals surface area contributed by atoms with Crippen LogP contribution in [0.3, 0.4) is 0 Å². The second kappa shape index (κ2) is 8.86. The van der Waals surface area contributed by atoms with Crippen molar-refractivity contribution in [2.75, 3.05) is 18.5 Å². The largest absolute Gasteiger partial charge is 0.454 e. The molecule has 0 aromatic heterocycles. The van der Waals surface area contributed by atoms with Gasteiger partial charge in [-0.3, -0.25) is 4.79 Å². The van der Waals surface area contributed by atoms with Crippen molar-refractivity contribution in [2.24, 2.45) is 5.41 Å². The Labute approximate surface area is 159 Å². The molecule has 2 aromatic rings. The quantitative estimate of drug-likeness (QED) is 0.710. The minimum Gasteiger partial charge on any atom is -0.454 e. The van der Waals surface area contributed by atoms with E-state index in [9.17, 15) is 9.59 Å². The van der Waals surface area contributed by atoms with Crippen LogP contribution in [0.4, 0.5) is 5.69 Å². The predicted molar refractivity (Wildman–Crippen MR) is 105 cm³/mol. The predicted octanol–water partition coefficient (Wildman–Crippen LogP) is 4.77. The molecule has 0 aliphatic carbocycles. The van der Waals surface area contributed by atoms with Gasteiger partial charge in [0, 0.05) is 22.7 Å². The van der Waals surface area contributed by atoms with Crippen molar-refractivity contribution in [1.29, 1.82) is 0 Å². The van der Waals surface area contributed by atoms with E-state index in [0.717, 1.165) is 12.0 Å². The molecule has 0 fully saturated rings. The number of ketones is 1. The van der Waals surface area contributed by atoms with E-state index in [4.69, 9.17) is 16.3 Å². The van der Waals surface area contributed by atoms with Crippen molar-refractivity contribution < 1.29 is 14.3 Å². The minimum atomic E-state index is -0.531. The molecule has 0 amide bonds. The number of rotatable bonds is 7. The van der Waals surface area contributed by atoms with Crippen LogP contribution < -0.4 is 5.32 Å². The second-order valence-corrected chi connectivity index (χ2v) is 7.53. The molecule has 0 bridgehead atoms. The number of halogens is 1. The molecule has 1 N–H and O–H groups in total. The van der Waals surface area contributed by atoms with Crippen molar-refractivity contribution in [1.82, 2.24) is 0 Å². The molecule has 0 saturated heterocycles. The van der Waals surface area contributed by atoms with Crippen LogP contribution in [-0.4, -0.2) is 24.9 Å². The van der Waals surface area contributed by atoms with E-state index in [1.54, 1.807) is 32.9 Å². The van der Waals surface area contributed by atoms with Crippen molar-refractivity contribution in [3.05, 3.63) is 64.7 Å². The third kappa shape index (κ3) is 5.88. The molecular weight excluding hydrogens is 350 g/mol. The summed E-state index contributed by atoms with van der Waals surface area (Å²) in [6, 6.07) is 14.8. The first-order valence-electron chi connectivity index (χ1n) is 8.55. The smallest absolute Gasteiger partial charge is 0.340 e. The number of hydrogen-bond donors (Lipinski definition) is 1. The van der Waals surface area contributed by atoms with Crippen molar-refractivity contribution in [2.45, 2.75) is 27.2 Å². The first-order valence-corrected chi connectivity index (χ1v) is 8.93. The van der Waals surface area contributed by atoms with Crippen LogP contribution in [-0.2, 0) is 16.0 Å². The summed E-state index contributed by atoms with van der Waals surface area (Å²) in [5.74, 6) is -0.615. The van der Waals surface area contributed by atoms with E-state index in [1.807, 2.05) is 36.4 Å². The highest BCUT2D eigenvalue weighted by Gasteiger charge is 2.23. The van der Waals surface area contributed by atoms with Crippen molar-refractivity contribution >= 4 is 29.0 Å². The van der Waals surface area contributed by atoms with Gasteiger partial charge in [-0.05, 0) is 36.2 Å². The van der Waals surface area contributed by atoms with Gasteiger partial charge in [-0.15, -0.1) is 0 Å². The maximum atomic E-state index is 12.3. The van der Waals surface area contributed by atoms with Gasteiger partial charge in [0.2, 0.25) is 0 Å². The molecular formula is C21H24ClNO3. The highest BCUT2D eigenvalue weighted by atomic mass is 35.5. The molecule has 0 aliphatic rings. The van der Waals surface area contributed by atoms with Gasteiger partial charge in [-0.1, -0.05) is 56.6 Å². The average molecular weight is 374 g/mol. The van der Waals surface area contributed by atoms with Gasteiger partial charge < -0.3 is 10.1 Å². The van der Waals surface area contributed by atoms with Gasteiger partial charge in [0.15, 0.2) is 12.4 Å². The Balaban J connectivity index is 1.95. The van der Waals surface area contributed by atoms with Crippen molar-refractivity contribution in [3.63, 3.8) is 0 Å². The molecule has 4 nitrogen and oxygen atoms in total. The normalized spacial score (nSPS) is 11.1. The molecule has 26 heavy (non-hydrogen) atoms. The second-order valence-electron chi connectivity index (χ2n) is 7.10. The Morgan fingerprint density at radius 1 is 1.04 bits per heavy atom. The van der Waals surface area contributed by atoms with Crippen LogP contribution in [0.15, 0.2) is 48.5 Å². The third-order valence-electron chi connectivity index (χ3n) is 3.96. The highest BCUT2D eigenvalue weighted by molar-refractivity contribution is 6.30. The fourth-order valence-electron chi connectivity index (χ4n) is 2.23. The Kier molecular flexibility index (Phi) is 6.81. The number of esters is 1. The fourth-order valence-corrected chi connectivity index (χ4v) is 2.36. The maximum Gasteiger partial charge on any atom is 0.340 e. The number of nitrogens with one attached hydrogen (secondary N) is 1. The summed E-state index contributed by atoms with van der Waals surface area (Å²) in [5.41, 5.74) is 1.73. The van der Waals surface area contributed by atoms with Crippen LogP contribution in [0.2, 0.25) is 5.02 Å². The number of carbonyl (C=O) groups excluding carboxylic acids is 2. The van der Waals surface area contributed by atoms with Gasteiger partial charge in [0.25, 0.3) is 0 Å². The molecule has 0 spiro atoms. The third-order valence-corrected chi connectivity index (χ3v) is 4.21. The van der Waals surface area contributed by atoms with E-state index >= 15 is 0 Å².